The Morgan fingerprint density at radius 2 is 1.52 bits per heavy atom. The molecule has 1 heterocycles. The molecule has 1 saturated heterocycles. The second kappa shape index (κ2) is 6.44. The molecule has 0 atom stereocenters. The number of thioether (sulfide) groups is 1. The molecule has 25 heavy (non-hydrogen) atoms. The van der Waals surface area contributed by atoms with Gasteiger partial charge >= 0.3 is 0 Å². The number of carbonyl (C=O) groups excluding carboxylic acids is 1. The fourth-order valence-electron chi connectivity index (χ4n) is 7.50. The Kier molecular flexibility index (Phi) is 4.36. The van der Waals surface area contributed by atoms with E-state index in [1.54, 1.807) is 0 Å². The molecule has 6 aliphatic rings. The Morgan fingerprint density at radius 3 is 2.08 bits per heavy atom. The van der Waals surface area contributed by atoms with Crippen molar-refractivity contribution in [1.29, 1.82) is 0 Å². The molecular weight excluding hydrogens is 328 g/mol. The molecule has 0 spiro atoms. The van der Waals surface area contributed by atoms with Gasteiger partial charge in [0.1, 0.15) is 0 Å². The summed E-state index contributed by atoms with van der Waals surface area (Å²) in [5, 5.41) is 3.53. The largest absolute Gasteiger partial charge is 0.354 e. The lowest BCUT2D eigenvalue weighted by atomic mass is 9.49. The van der Waals surface area contributed by atoms with E-state index in [2.05, 4.69) is 22.0 Å². The van der Waals surface area contributed by atoms with Gasteiger partial charge in [0.15, 0.2) is 0 Å². The maximum atomic E-state index is 13.3. The van der Waals surface area contributed by atoms with Gasteiger partial charge in [-0.25, -0.2) is 0 Å². The first-order chi connectivity index (χ1) is 12.2. The number of carbonyl (C=O) groups is 1. The molecule has 4 heteroatoms. The third kappa shape index (κ3) is 2.96. The monoisotopic (exact) mass is 362 g/mol. The van der Waals surface area contributed by atoms with Crippen molar-refractivity contribution in [3.05, 3.63) is 0 Å². The lowest BCUT2D eigenvalue weighted by molar-refractivity contribution is -0.147. The van der Waals surface area contributed by atoms with Gasteiger partial charge in [0, 0.05) is 42.1 Å². The molecule has 6 fully saturated rings. The Balaban J connectivity index is 1.27. The second-order valence-electron chi connectivity index (χ2n) is 9.91. The van der Waals surface area contributed by atoms with Crippen LogP contribution in [0.5, 0.6) is 0 Å². The zero-order chi connectivity index (χ0) is 16.9. The molecule has 0 aromatic heterocycles. The summed E-state index contributed by atoms with van der Waals surface area (Å²) in [6.45, 7) is 3.36. The van der Waals surface area contributed by atoms with Crippen LogP contribution in [0.3, 0.4) is 0 Å². The summed E-state index contributed by atoms with van der Waals surface area (Å²) in [6.07, 6.45) is 13.1. The second-order valence-corrected chi connectivity index (χ2v) is 11.1. The zero-order valence-electron chi connectivity index (χ0n) is 15.6. The minimum absolute atomic E-state index is 0.0201. The number of nitrogens with one attached hydrogen (secondary N) is 1. The van der Waals surface area contributed by atoms with E-state index in [4.69, 9.17) is 0 Å². The van der Waals surface area contributed by atoms with Crippen LogP contribution in [0.4, 0.5) is 0 Å². The van der Waals surface area contributed by atoms with Gasteiger partial charge < -0.3 is 5.32 Å². The van der Waals surface area contributed by atoms with Gasteiger partial charge in [-0.15, -0.1) is 0 Å². The van der Waals surface area contributed by atoms with Crippen molar-refractivity contribution in [3.8, 4) is 0 Å². The summed E-state index contributed by atoms with van der Waals surface area (Å²) in [6, 6.07) is 0. The van der Waals surface area contributed by atoms with Crippen molar-refractivity contribution >= 4 is 17.7 Å². The van der Waals surface area contributed by atoms with Crippen LogP contribution in [-0.4, -0.2) is 47.5 Å². The molecule has 0 radical (unpaired) electrons. The van der Waals surface area contributed by atoms with E-state index in [0.29, 0.717) is 5.91 Å². The van der Waals surface area contributed by atoms with Gasteiger partial charge in [-0.05, 0) is 69.1 Å². The Morgan fingerprint density at radius 1 is 0.960 bits per heavy atom. The van der Waals surface area contributed by atoms with E-state index in [0.717, 1.165) is 24.3 Å². The number of amides is 1. The first kappa shape index (κ1) is 16.9. The molecule has 4 bridgehead atoms. The lowest BCUT2D eigenvalue weighted by Gasteiger charge is -2.56. The highest BCUT2D eigenvalue weighted by Crippen LogP contribution is 2.60. The van der Waals surface area contributed by atoms with Crippen molar-refractivity contribution in [1.82, 2.24) is 10.2 Å². The van der Waals surface area contributed by atoms with E-state index >= 15 is 0 Å². The Bertz CT molecular complexity index is 487. The SMILES string of the molecule is O=C(NCC1(N2CCSCC2)CCCC1)C12CC3CC(CC(C3)C1)C2. The summed E-state index contributed by atoms with van der Waals surface area (Å²) >= 11 is 2.09. The molecule has 1 aliphatic heterocycles. The van der Waals surface area contributed by atoms with Crippen LogP contribution in [0.15, 0.2) is 0 Å². The number of hydrogen-bond donors (Lipinski definition) is 1. The average molecular weight is 363 g/mol. The smallest absolute Gasteiger partial charge is 0.226 e. The Hall–Kier alpha value is -0.220. The first-order valence-corrected chi connectivity index (χ1v) is 11.9. The van der Waals surface area contributed by atoms with Crippen molar-refractivity contribution in [2.75, 3.05) is 31.1 Å². The van der Waals surface area contributed by atoms with Crippen LogP contribution in [0.25, 0.3) is 0 Å². The van der Waals surface area contributed by atoms with Gasteiger partial charge in [0.25, 0.3) is 0 Å². The molecule has 140 valence electrons. The number of rotatable bonds is 4. The fraction of sp³-hybridized carbons (Fsp3) is 0.952. The van der Waals surface area contributed by atoms with E-state index in [1.165, 1.54) is 88.8 Å². The Labute approximate surface area is 157 Å². The molecule has 6 rings (SSSR count). The van der Waals surface area contributed by atoms with Crippen molar-refractivity contribution < 1.29 is 4.79 Å². The topological polar surface area (TPSA) is 32.3 Å². The highest BCUT2D eigenvalue weighted by atomic mass is 32.2. The zero-order valence-corrected chi connectivity index (χ0v) is 16.4. The van der Waals surface area contributed by atoms with Crippen molar-refractivity contribution in [2.24, 2.45) is 23.2 Å². The molecule has 1 amide bonds. The van der Waals surface area contributed by atoms with E-state index < -0.39 is 0 Å². The van der Waals surface area contributed by atoms with Crippen LogP contribution in [0, 0.1) is 23.2 Å². The summed E-state index contributed by atoms with van der Waals surface area (Å²) in [4.78, 5) is 16.1. The van der Waals surface area contributed by atoms with E-state index in [1.807, 2.05) is 0 Å². The molecule has 3 nitrogen and oxygen atoms in total. The van der Waals surface area contributed by atoms with Crippen molar-refractivity contribution in [2.45, 2.75) is 69.7 Å². The van der Waals surface area contributed by atoms with Crippen LogP contribution in [0.2, 0.25) is 0 Å². The highest BCUT2D eigenvalue weighted by molar-refractivity contribution is 7.99. The van der Waals surface area contributed by atoms with Gasteiger partial charge in [-0.1, -0.05) is 12.8 Å². The standard InChI is InChI=1S/C21H34N2OS/c24-19(20-12-16-9-17(13-20)11-18(10-16)14-20)22-15-21(3-1-2-4-21)23-5-7-25-8-6-23/h16-18H,1-15H2,(H,22,24). The number of nitrogens with zero attached hydrogens (tertiary/aromatic N) is 1. The minimum Gasteiger partial charge on any atom is -0.354 e. The predicted octanol–water partition coefficient (Wildman–Crippen LogP) is 3.68. The summed E-state index contributed by atoms with van der Waals surface area (Å²) in [5.74, 6) is 5.55. The van der Waals surface area contributed by atoms with Crippen LogP contribution < -0.4 is 5.32 Å². The van der Waals surface area contributed by atoms with Crippen LogP contribution in [0.1, 0.15) is 64.2 Å². The third-order valence-corrected chi connectivity index (χ3v) is 9.26. The average Bonchev–Trinajstić information content (AvgIpc) is 3.09. The van der Waals surface area contributed by atoms with Crippen molar-refractivity contribution in [3.63, 3.8) is 0 Å². The number of hydrogen-bond acceptors (Lipinski definition) is 3. The summed E-state index contributed by atoms with van der Waals surface area (Å²) < 4.78 is 0. The van der Waals surface area contributed by atoms with Gasteiger partial charge in [-0.2, -0.15) is 11.8 Å². The van der Waals surface area contributed by atoms with Gasteiger partial charge in [-0.3, -0.25) is 9.69 Å². The van der Waals surface area contributed by atoms with Gasteiger partial charge in [0.05, 0.1) is 0 Å². The molecule has 1 N–H and O–H groups in total. The molecule has 0 aromatic carbocycles. The lowest BCUT2D eigenvalue weighted by Crippen LogP contribution is -2.59. The predicted molar refractivity (Wildman–Crippen MR) is 104 cm³/mol. The fourth-order valence-corrected chi connectivity index (χ4v) is 8.40. The van der Waals surface area contributed by atoms with Crippen LogP contribution in [-0.2, 0) is 4.79 Å². The molecule has 0 unspecified atom stereocenters. The maximum Gasteiger partial charge on any atom is 0.226 e. The quantitative estimate of drug-likeness (QED) is 0.828. The normalized spacial score (nSPS) is 42.6. The van der Waals surface area contributed by atoms with E-state index in [-0.39, 0.29) is 11.0 Å². The molecular formula is C21H34N2OS. The molecule has 0 aromatic rings. The minimum atomic E-state index is 0.0201. The maximum absolute atomic E-state index is 13.3. The summed E-state index contributed by atoms with van der Waals surface area (Å²) in [5.41, 5.74) is 0.297. The first-order valence-electron chi connectivity index (χ1n) is 10.8. The third-order valence-electron chi connectivity index (χ3n) is 8.31. The van der Waals surface area contributed by atoms with Gasteiger partial charge in [0.2, 0.25) is 5.91 Å². The molecule has 5 aliphatic carbocycles. The highest BCUT2D eigenvalue weighted by Gasteiger charge is 2.55. The van der Waals surface area contributed by atoms with Crippen LogP contribution >= 0.6 is 11.8 Å². The van der Waals surface area contributed by atoms with E-state index in [9.17, 15) is 4.79 Å². The molecule has 5 saturated carbocycles. The summed E-state index contributed by atoms with van der Waals surface area (Å²) in [7, 11) is 0.